The maximum atomic E-state index is 13.0. The number of aryl methyl sites for hydroxylation is 1. The standard InChI is InChI=1S/C22H21ClN2O2S/c1-2-27-20-8-4-3-7-18(20)22-24-17(14-28-22)13-21(26)25-11-5-6-15-12-16(23)9-10-19(15)25/h3-4,7-10,12,14H,2,5-6,11,13H2,1H3. The lowest BCUT2D eigenvalue weighted by Gasteiger charge is -2.29. The van der Waals surface area contributed by atoms with Gasteiger partial charge in [-0.05, 0) is 55.7 Å². The summed E-state index contributed by atoms with van der Waals surface area (Å²) >= 11 is 7.65. The number of thiazole rings is 1. The number of benzene rings is 2. The summed E-state index contributed by atoms with van der Waals surface area (Å²) in [6, 6.07) is 13.6. The number of ether oxygens (including phenoxy) is 1. The molecule has 28 heavy (non-hydrogen) atoms. The van der Waals surface area contributed by atoms with E-state index in [2.05, 4.69) is 0 Å². The number of fused-ring (bicyclic) bond motifs is 1. The van der Waals surface area contributed by atoms with E-state index < -0.39 is 0 Å². The molecule has 4 rings (SSSR count). The molecule has 0 aliphatic carbocycles. The topological polar surface area (TPSA) is 42.4 Å². The van der Waals surface area contributed by atoms with E-state index >= 15 is 0 Å². The van der Waals surface area contributed by atoms with Crippen LogP contribution in [0.1, 0.15) is 24.6 Å². The fraction of sp³-hybridized carbons (Fsp3) is 0.273. The number of nitrogens with zero attached hydrogens (tertiary/aromatic N) is 2. The van der Waals surface area contributed by atoms with Gasteiger partial charge in [-0.3, -0.25) is 4.79 Å². The molecule has 2 aromatic carbocycles. The van der Waals surface area contributed by atoms with Crippen molar-refractivity contribution >= 4 is 34.5 Å². The third-order valence-electron chi connectivity index (χ3n) is 4.76. The number of hydrogen-bond donors (Lipinski definition) is 0. The van der Waals surface area contributed by atoms with Gasteiger partial charge in [0.05, 0.1) is 24.3 Å². The second-order valence-corrected chi connectivity index (χ2v) is 7.97. The first-order chi connectivity index (χ1) is 13.7. The summed E-state index contributed by atoms with van der Waals surface area (Å²) in [7, 11) is 0. The van der Waals surface area contributed by atoms with Crippen LogP contribution in [0.4, 0.5) is 5.69 Å². The van der Waals surface area contributed by atoms with E-state index in [0.29, 0.717) is 11.6 Å². The quantitative estimate of drug-likeness (QED) is 0.564. The van der Waals surface area contributed by atoms with Crippen LogP contribution in [-0.2, 0) is 17.6 Å². The summed E-state index contributed by atoms with van der Waals surface area (Å²) in [5, 5.41) is 3.55. The fourth-order valence-electron chi connectivity index (χ4n) is 3.51. The molecule has 4 nitrogen and oxygen atoms in total. The van der Waals surface area contributed by atoms with Gasteiger partial charge in [0.1, 0.15) is 10.8 Å². The number of hydrogen-bond acceptors (Lipinski definition) is 4. The van der Waals surface area contributed by atoms with Crippen molar-refractivity contribution in [3.8, 4) is 16.3 Å². The number of para-hydroxylation sites is 1. The Kier molecular flexibility index (Phi) is 5.64. The molecule has 0 N–H and O–H groups in total. The smallest absolute Gasteiger partial charge is 0.233 e. The summed E-state index contributed by atoms with van der Waals surface area (Å²) in [5.41, 5.74) is 3.86. The van der Waals surface area contributed by atoms with Gasteiger partial charge in [0.15, 0.2) is 0 Å². The van der Waals surface area contributed by atoms with Crippen molar-refractivity contribution in [3.63, 3.8) is 0 Å². The van der Waals surface area contributed by atoms with Gasteiger partial charge in [-0.25, -0.2) is 4.98 Å². The second-order valence-electron chi connectivity index (χ2n) is 6.67. The SMILES string of the molecule is CCOc1ccccc1-c1nc(CC(=O)N2CCCc3cc(Cl)ccc32)cs1. The molecule has 1 amide bonds. The molecular formula is C22H21ClN2O2S. The number of anilines is 1. The molecule has 0 fully saturated rings. The first-order valence-corrected chi connectivity index (χ1v) is 10.7. The average Bonchev–Trinajstić information content (AvgIpc) is 3.16. The highest BCUT2D eigenvalue weighted by molar-refractivity contribution is 7.13. The number of amides is 1. The van der Waals surface area contributed by atoms with Crippen LogP contribution >= 0.6 is 22.9 Å². The maximum absolute atomic E-state index is 13.0. The molecule has 1 aliphatic heterocycles. The minimum absolute atomic E-state index is 0.0678. The molecule has 1 aromatic heterocycles. The molecule has 0 spiro atoms. The molecule has 0 bridgehead atoms. The maximum Gasteiger partial charge on any atom is 0.233 e. The Bertz CT molecular complexity index is 1000. The number of aromatic nitrogens is 1. The van der Waals surface area contributed by atoms with Gasteiger partial charge < -0.3 is 9.64 Å². The zero-order chi connectivity index (χ0) is 19.5. The van der Waals surface area contributed by atoms with Crippen LogP contribution in [0.5, 0.6) is 5.75 Å². The Morgan fingerprint density at radius 3 is 3.00 bits per heavy atom. The van der Waals surface area contributed by atoms with E-state index in [4.69, 9.17) is 21.3 Å². The zero-order valence-electron chi connectivity index (χ0n) is 15.7. The van der Waals surface area contributed by atoms with Crippen molar-refractivity contribution in [1.82, 2.24) is 4.98 Å². The molecule has 6 heteroatoms. The van der Waals surface area contributed by atoms with E-state index in [1.807, 2.05) is 59.7 Å². The summed E-state index contributed by atoms with van der Waals surface area (Å²) < 4.78 is 5.71. The van der Waals surface area contributed by atoms with E-state index in [0.717, 1.165) is 52.7 Å². The molecule has 2 heterocycles. The monoisotopic (exact) mass is 412 g/mol. The molecule has 0 atom stereocenters. The lowest BCUT2D eigenvalue weighted by atomic mass is 10.0. The Balaban J connectivity index is 1.53. The van der Waals surface area contributed by atoms with E-state index in [9.17, 15) is 4.79 Å². The predicted octanol–water partition coefficient (Wildman–Crippen LogP) is 5.38. The molecule has 3 aromatic rings. The average molecular weight is 413 g/mol. The Labute approximate surface area is 173 Å². The van der Waals surface area contributed by atoms with E-state index in [1.54, 1.807) is 0 Å². The third-order valence-corrected chi connectivity index (χ3v) is 5.92. The molecule has 0 unspecified atom stereocenters. The van der Waals surface area contributed by atoms with Crippen molar-refractivity contribution < 1.29 is 9.53 Å². The van der Waals surface area contributed by atoms with Gasteiger partial charge in [0, 0.05) is 22.6 Å². The number of rotatable bonds is 5. The largest absolute Gasteiger partial charge is 0.493 e. The Morgan fingerprint density at radius 2 is 2.14 bits per heavy atom. The van der Waals surface area contributed by atoms with Gasteiger partial charge in [0.2, 0.25) is 5.91 Å². The first kappa shape index (κ1) is 19.0. The number of carbonyl (C=O) groups is 1. The first-order valence-electron chi connectivity index (χ1n) is 9.41. The molecule has 0 saturated carbocycles. The van der Waals surface area contributed by atoms with Crippen molar-refractivity contribution in [2.24, 2.45) is 0 Å². The summed E-state index contributed by atoms with van der Waals surface area (Å²) in [6.07, 6.45) is 2.19. The molecule has 144 valence electrons. The fourth-order valence-corrected chi connectivity index (χ4v) is 4.56. The highest BCUT2D eigenvalue weighted by atomic mass is 35.5. The number of halogens is 1. The molecule has 0 saturated heterocycles. The normalized spacial score (nSPS) is 13.3. The van der Waals surface area contributed by atoms with Crippen molar-refractivity contribution in [2.75, 3.05) is 18.1 Å². The van der Waals surface area contributed by atoms with Gasteiger partial charge in [0.25, 0.3) is 0 Å². The van der Waals surface area contributed by atoms with Crippen LogP contribution in [0, 0.1) is 0 Å². The predicted molar refractivity (Wildman–Crippen MR) is 115 cm³/mol. The van der Waals surface area contributed by atoms with Crippen LogP contribution < -0.4 is 9.64 Å². The molecule has 1 aliphatic rings. The summed E-state index contributed by atoms with van der Waals surface area (Å²) in [4.78, 5) is 19.5. The minimum Gasteiger partial charge on any atom is -0.493 e. The highest BCUT2D eigenvalue weighted by Crippen LogP contribution is 2.33. The van der Waals surface area contributed by atoms with Crippen LogP contribution in [-0.4, -0.2) is 24.0 Å². The third kappa shape index (κ3) is 3.91. The van der Waals surface area contributed by atoms with Crippen LogP contribution in [0.15, 0.2) is 47.8 Å². The lowest BCUT2D eigenvalue weighted by Crippen LogP contribution is -2.36. The van der Waals surface area contributed by atoms with E-state index in [1.165, 1.54) is 11.3 Å². The Hall–Kier alpha value is -2.37. The van der Waals surface area contributed by atoms with Crippen LogP contribution in [0.3, 0.4) is 0 Å². The summed E-state index contributed by atoms with van der Waals surface area (Å²) in [6.45, 7) is 3.30. The van der Waals surface area contributed by atoms with Crippen molar-refractivity contribution in [2.45, 2.75) is 26.2 Å². The molecular weight excluding hydrogens is 392 g/mol. The van der Waals surface area contributed by atoms with Gasteiger partial charge in [-0.2, -0.15) is 0 Å². The van der Waals surface area contributed by atoms with Crippen LogP contribution in [0.2, 0.25) is 5.02 Å². The molecule has 0 radical (unpaired) electrons. The lowest BCUT2D eigenvalue weighted by molar-refractivity contribution is -0.118. The van der Waals surface area contributed by atoms with Gasteiger partial charge in [-0.1, -0.05) is 23.7 Å². The van der Waals surface area contributed by atoms with Crippen molar-refractivity contribution in [3.05, 3.63) is 64.1 Å². The van der Waals surface area contributed by atoms with E-state index in [-0.39, 0.29) is 12.3 Å². The zero-order valence-corrected chi connectivity index (χ0v) is 17.2. The minimum atomic E-state index is 0.0678. The number of carbonyl (C=O) groups excluding carboxylic acids is 1. The second kappa shape index (κ2) is 8.33. The van der Waals surface area contributed by atoms with Crippen molar-refractivity contribution in [1.29, 1.82) is 0 Å². The highest BCUT2D eigenvalue weighted by Gasteiger charge is 2.23. The Morgan fingerprint density at radius 1 is 1.29 bits per heavy atom. The summed E-state index contributed by atoms with van der Waals surface area (Å²) in [5.74, 6) is 0.886. The van der Waals surface area contributed by atoms with Gasteiger partial charge in [-0.15, -0.1) is 11.3 Å². The van der Waals surface area contributed by atoms with Crippen LogP contribution in [0.25, 0.3) is 10.6 Å². The van der Waals surface area contributed by atoms with Gasteiger partial charge >= 0.3 is 0 Å².